The second-order valence-electron chi connectivity index (χ2n) is 7.00. The molecule has 0 spiro atoms. The van der Waals surface area contributed by atoms with Gasteiger partial charge in [0.05, 0.1) is 18.4 Å². The van der Waals surface area contributed by atoms with Crippen molar-refractivity contribution in [1.29, 1.82) is 0 Å². The van der Waals surface area contributed by atoms with Gasteiger partial charge < -0.3 is 9.64 Å². The van der Waals surface area contributed by atoms with Crippen molar-refractivity contribution in [3.8, 4) is 5.75 Å². The minimum Gasteiger partial charge on any atom is -0.494 e. The molecular formula is C23H22N4O2S. The van der Waals surface area contributed by atoms with E-state index in [2.05, 4.69) is 4.98 Å². The molecule has 0 atom stereocenters. The van der Waals surface area contributed by atoms with Gasteiger partial charge in [0.25, 0.3) is 5.91 Å². The lowest BCUT2D eigenvalue weighted by Crippen LogP contribution is -2.30. The fraction of sp³-hybridized carbons (Fsp3) is 0.174. The molecule has 7 heteroatoms. The number of para-hydroxylation sites is 1. The smallest absolute Gasteiger partial charge is 0.260 e. The standard InChI is InChI=1S/C23H22N4O2S/c1-26(2)18-11-9-17(10-12-18)22(28)27(15-16-6-5-13-24-14-16)23-25-21-19(29-3)7-4-8-20(21)30-23/h4-14H,15H2,1-3H3. The van der Waals surface area contributed by atoms with Crippen LogP contribution in [-0.2, 0) is 6.54 Å². The number of pyridine rings is 1. The van der Waals surface area contributed by atoms with Crippen molar-refractivity contribution < 1.29 is 9.53 Å². The number of rotatable bonds is 6. The maximum Gasteiger partial charge on any atom is 0.260 e. The van der Waals surface area contributed by atoms with Gasteiger partial charge in [-0.3, -0.25) is 14.7 Å². The number of aromatic nitrogens is 2. The van der Waals surface area contributed by atoms with E-state index < -0.39 is 0 Å². The fourth-order valence-corrected chi connectivity index (χ4v) is 4.13. The fourth-order valence-electron chi connectivity index (χ4n) is 3.15. The largest absolute Gasteiger partial charge is 0.494 e. The van der Waals surface area contributed by atoms with Crippen LogP contribution in [0, 0.1) is 0 Å². The third-order valence-corrected chi connectivity index (χ3v) is 5.80. The monoisotopic (exact) mass is 418 g/mol. The molecule has 30 heavy (non-hydrogen) atoms. The van der Waals surface area contributed by atoms with Crippen LogP contribution in [0.3, 0.4) is 0 Å². The van der Waals surface area contributed by atoms with E-state index in [-0.39, 0.29) is 5.91 Å². The van der Waals surface area contributed by atoms with Crippen molar-refractivity contribution in [3.63, 3.8) is 0 Å². The second kappa shape index (κ2) is 8.51. The first-order valence-electron chi connectivity index (χ1n) is 9.48. The zero-order valence-electron chi connectivity index (χ0n) is 17.1. The summed E-state index contributed by atoms with van der Waals surface area (Å²) in [6.07, 6.45) is 3.49. The van der Waals surface area contributed by atoms with Gasteiger partial charge in [0.1, 0.15) is 11.3 Å². The number of nitrogens with zero attached hydrogens (tertiary/aromatic N) is 4. The van der Waals surface area contributed by atoms with Crippen LogP contribution >= 0.6 is 11.3 Å². The number of carbonyl (C=O) groups is 1. The molecule has 2 aromatic heterocycles. The molecule has 4 aromatic rings. The molecule has 2 aromatic carbocycles. The Morgan fingerprint density at radius 1 is 1.07 bits per heavy atom. The van der Waals surface area contributed by atoms with E-state index in [1.54, 1.807) is 24.4 Å². The second-order valence-corrected chi connectivity index (χ2v) is 8.01. The maximum absolute atomic E-state index is 13.5. The van der Waals surface area contributed by atoms with E-state index in [4.69, 9.17) is 9.72 Å². The molecular weight excluding hydrogens is 396 g/mol. The van der Waals surface area contributed by atoms with Crippen LogP contribution in [0.1, 0.15) is 15.9 Å². The van der Waals surface area contributed by atoms with Gasteiger partial charge in [0.15, 0.2) is 5.13 Å². The highest BCUT2D eigenvalue weighted by Crippen LogP contribution is 2.35. The van der Waals surface area contributed by atoms with Crippen LogP contribution in [0.4, 0.5) is 10.8 Å². The number of methoxy groups -OCH3 is 1. The first-order valence-corrected chi connectivity index (χ1v) is 10.3. The minimum atomic E-state index is -0.109. The summed E-state index contributed by atoms with van der Waals surface area (Å²) in [4.78, 5) is 26.1. The van der Waals surface area contributed by atoms with E-state index in [1.165, 1.54) is 11.3 Å². The van der Waals surface area contributed by atoms with Crippen molar-refractivity contribution in [2.75, 3.05) is 31.0 Å². The molecule has 0 saturated carbocycles. The van der Waals surface area contributed by atoms with Crippen LogP contribution in [0.15, 0.2) is 67.0 Å². The predicted octanol–water partition coefficient (Wildman–Crippen LogP) is 4.61. The maximum atomic E-state index is 13.5. The predicted molar refractivity (Wildman–Crippen MR) is 122 cm³/mol. The van der Waals surface area contributed by atoms with E-state index in [1.807, 2.05) is 73.6 Å². The Balaban J connectivity index is 1.75. The Bertz CT molecular complexity index is 1160. The third-order valence-electron chi connectivity index (χ3n) is 4.76. The SMILES string of the molecule is COc1cccc2sc(N(Cc3cccnc3)C(=O)c3ccc(N(C)C)cc3)nc12. The van der Waals surface area contributed by atoms with E-state index in [0.717, 1.165) is 21.5 Å². The van der Waals surface area contributed by atoms with Gasteiger partial charge in [-0.05, 0) is 48.0 Å². The van der Waals surface area contributed by atoms with Crippen LogP contribution in [0.2, 0.25) is 0 Å². The van der Waals surface area contributed by atoms with E-state index in [0.29, 0.717) is 23.0 Å². The molecule has 0 bridgehead atoms. The number of amides is 1. The quantitative estimate of drug-likeness (QED) is 0.458. The van der Waals surface area contributed by atoms with Gasteiger partial charge in [-0.15, -0.1) is 0 Å². The molecule has 0 unspecified atom stereocenters. The van der Waals surface area contributed by atoms with Crippen LogP contribution < -0.4 is 14.5 Å². The first-order chi connectivity index (χ1) is 14.6. The van der Waals surface area contributed by atoms with Crippen LogP contribution in [0.5, 0.6) is 5.75 Å². The Morgan fingerprint density at radius 3 is 2.53 bits per heavy atom. The lowest BCUT2D eigenvalue weighted by atomic mass is 10.1. The molecule has 0 aliphatic carbocycles. The highest BCUT2D eigenvalue weighted by atomic mass is 32.1. The zero-order valence-corrected chi connectivity index (χ0v) is 17.9. The number of thiazole rings is 1. The van der Waals surface area contributed by atoms with Gasteiger partial charge in [-0.2, -0.15) is 0 Å². The number of ether oxygens (including phenoxy) is 1. The average Bonchev–Trinajstić information content (AvgIpc) is 3.22. The summed E-state index contributed by atoms with van der Waals surface area (Å²) in [7, 11) is 5.57. The van der Waals surface area contributed by atoms with Gasteiger partial charge in [-0.1, -0.05) is 23.5 Å². The number of anilines is 2. The van der Waals surface area contributed by atoms with Crippen molar-refractivity contribution in [2.45, 2.75) is 6.54 Å². The van der Waals surface area contributed by atoms with Crippen LogP contribution in [-0.4, -0.2) is 37.1 Å². The van der Waals surface area contributed by atoms with Gasteiger partial charge in [-0.25, -0.2) is 4.98 Å². The number of carbonyl (C=O) groups excluding carboxylic acids is 1. The summed E-state index contributed by atoms with van der Waals surface area (Å²) in [6.45, 7) is 0.379. The molecule has 6 nitrogen and oxygen atoms in total. The van der Waals surface area contributed by atoms with Crippen LogP contribution in [0.25, 0.3) is 10.2 Å². The highest BCUT2D eigenvalue weighted by Gasteiger charge is 2.23. The summed E-state index contributed by atoms with van der Waals surface area (Å²) in [5, 5.41) is 0.625. The topological polar surface area (TPSA) is 58.6 Å². The molecule has 1 amide bonds. The van der Waals surface area contributed by atoms with Crippen molar-refractivity contribution >= 4 is 38.3 Å². The Labute approximate surface area is 179 Å². The molecule has 4 rings (SSSR count). The molecule has 2 heterocycles. The molecule has 0 saturated heterocycles. The number of benzene rings is 2. The van der Waals surface area contributed by atoms with Crippen molar-refractivity contribution in [3.05, 3.63) is 78.1 Å². The molecule has 0 aliphatic heterocycles. The van der Waals surface area contributed by atoms with E-state index in [9.17, 15) is 4.79 Å². The molecule has 0 radical (unpaired) electrons. The molecule has 0 fully saturated rings. The molecule has 0 N–H and O–H groups in total. The summed E-state index contributed by atoms with van der Waals surface area (Å²) < 4.78 is 6.41. The Hall–Kier alpha value is -3.45. The summed E-state index contributed by atoms with van der Waals surface area (Å²) in [6, 6.07) is 17.2. The third kappa shape index (κ3) is 3.97. The number of hydrogen-bond acceptors (Lipinski definition) is 6. The normalized spacial score (nSPS) is 10.8. The molecule has 0 aliphatic rings. The van der Waals surface area contributed by atoms with E-state index >= 15 is 0 Å². The summed E-state index contributed by atoms with van der Waals surface area (Å²) in [5.74, 6) is 0.585. The lowest BCUT2D eigenvalue weighted by Gasteiger charge is -2.20. The van der Waals surface area contributed by atoms with Gasteiger partial charge >= 0.3 is 0 Å². The van der Waals surface area contributed by atoms with Crippen molar-refractivity contribution in [2.24, 2.45) is 0 Å². The zero-order chi connectivity index (χ0) is 21.1. The lowest BCUT2D eigenvalue weighted by molar-refractivity contribution is 0.0985. The average molecular weight is 419 g/mol. The Morgan fingerprint density at radius 2 is 1.87 bits per heavy atom. The Kier molecular flexibility index (Phi) is 5.63. The highest BCUT2D eigenvalue weighted by molar-refractivity contribution is 7.22. The van der Waals surface area contributed by atoms with Crippen molar-refractivity contribution in [1.82, 2.24) is 9.97 Å². The van der Waals surface area contributed by atoms with Gasteiger partial charge in [0, 0.05) is 37.7 Å². The first kappa shape index (κ1) is 19.8. The summed E-state index contributed by atoms with van der Waals surface area (Å²) >= 11 is 1.47. The summed E-state index contributed by atoms with van der Waals surface area (Å²) in [5.41, 5.74) is 3.33. The van der Waals surface area contributed by atoms with Gasteiger partial charge in [0.2, 0.25) is 0 Å². The minimum absolute atomic E-state index is 0.109. The number of hydrogen-bond donors (Lipinski definition) is 0. The molecule has 152 valence electrons. The number of fused-ring (bicyclic) bond motifs is 1.